The van der Waals surface area contributed by atoms with E-state index in [4.69, 9.17) is 10.5 Å². The summed E-state index contributed by atoms with van der Waals surface area (Å²) in [5, 5.41) is 0. The van der Waals surface area contributed by atoms with Crippen LogP contribution in [0.15, 0.2) is 32.3 Å². The summed E-state index contributed by atoms with van der Waals surface area (Å²) < 4.78 is 7.10. The van der Waals surface area contributed by atoms with Gasteiger partial charge in [0.05, 0.1) is 12.7 Å². The summed E-state index contributed by atoms with van der Waals surface area (Å²) in [5.41, 5.74) is 5.30. The number of H-pyrrole nitrogens is 1. The molecule has 0 saturated carbocycles. The molecule has 0 bridgehead atoms. The van der Waals surface area contributed by atoms with Gasteiger partial charge in [-0.15, -0.1) is 0 Å². The molecule has 0 radical (unpaired) electrons. The molecule has 0 saturated heterocycles. The minimum atomic E-state index is -0.677. The molecule has 2 rings (SSSR count). The number of nitrogen functional groups attached to an aromatic ring is 1. The molecule has 0 unspecified atom stereocenters. The Morgan fingerprint density at radius 2 is 1.93 bits per heavy atom. The van der Waals surface area contributed by atoms with Crippen molar-refractivity contribution in [3.63, 3.8) is 0 Å². The van der Waals surface area contributed by atoms with E-state index in [1.807, 2.05) is 13.8 Å². The predicted molar refractivity (Wildman–Crippen MR) is 118 cm³/mol. The standard InChI is InChI=1S/C20H27BrN4O4/c1-4-6-10-24(19(27)14-12-13(29-3)8-9-15(14)21)16-17(22)25(11-7-5-2)20(28)23-18(16)26/h8-9,12H,4-7,10-11,22H2,1-3H3,(H,23,26,28). The number of nitrogens with one attached hydrogen (secondary N) is 1. The Bertz CT molecular complexity index is 983. The Hall–Kier alpha value is -2.55. The molecule has 9 heteroatoms. The maximum atomic E-state index is 13.4. The largest absolute Gasteiger partial charge is 0.497 e. The van der Waals surface area contributed by atoms with E-state index in [1.165, 1.54) is 16.6 Å². The number of aromatic nitrogens is 2. The Balaban J connectivity index is 2.63. The first kappa shape index (κ1) is 22.7. The van der Waals surface area contributed by atoms with Crippen molar-refractivity contribution >= 4 is 33.3 Å². The minimum Gasteiger partial charge on any atom is -0.497 e. The van der Waals surface area contributed by atoms with Crippen LogP contribution >= 0.6 is 15.9 Å². The molecule has 1 aromatic heterocycles. The van der Waals surface area contributed by atoms with Crippen LogP contribution < -0.4 is 26.6 Å². The second-order valence-corrected chi connectivity index (χ2v) is 7.51. The normalized spacial score (nSPS) is 10.8. The molecular formula is C20H27BrN4O4. The van der Waals surface area contributed by atoms with Crippen molar-refractivity contribution in [2.75, 3.05) is 24.3 Å². The topological polar surface area (TPSA) is 110 Å². The molecule has 0 spiro atoms. The Labute approximate surface area is 177 Å². The molecule has 2 aromatic rings. The highest BCUT2D eigenvalue weighted by molar-refractivity contribution is 9.10. The molecule has 0 aliphatic heterocycles. The van der Waals surface area contributed by atoms with Crippen LogP contribution in [0.5, 0.6) is 5.75 Å². The lowest BCUT2D eigenvalue weighted by Gasteiger charge is -2.25. The van der Waals surface area contributed by atoms with E-state index in [0.29, 0.717) is 28.8 Å². The van der Waals surface area contributed by atoms with Gasteiger partial charge in [0.15, 0.2) is 5.69 Å². The summed E-state index contributed by atoms with van der Waals surface area (Å²) in [5.74, 6) is 0.111. The van der Waals surface area contributed by atoms with Gasteiger partial charge in [-0.2, -0.15) is 0 Å². The first-order valence-electron chi connectivity index (χ1n) is 9.63. The Morgan fingerprint density at radius 1 is 1.24 bits per heavy atom. The number of hydrogen-bond donors (Lipinski definition) is 2. The highest BCUT2D eigenvalue weighted by atomic mass is 79.9. The van der Waals surface area contributed by atoms with Gasteiger partial charge in [-0.1, -0.05) is 26.7 Å². The smallest absolute Gasteiger partial charge is 0.330 e. The number of hydrogen-bond acceptors (Lipinski definition) is 5. The number of carbonyl (C=O) groups is 1. The lowest BCUT2D eigenvalue weighted by Crippen LogP contribution is -2.41. The molecule has 0 atom stereocenters. The van der Waals surface area contributed by atoms with Gasteiger partial charge in [-0.25, -0.2) is 4.79 Å². The number of aromatic amines is 1. The number of carbonyl (C=O) groups excluding carboxylic acids is 1. The van der Waals surface area contributed by atoms with Crippen molar-refractivity contribution in [3.8, 4) is 5.75 Å². The molecule has 8 nitrogen and oxygen atoms in total. The van der Waals surface area contributed by atoms with Crippen molar-refractivity contribution < 1.29 is 9.53 Å². The van der Waals surface area contributed by atoms with Crippen molar-refractivity contribution in [2.45, 2.75) is 46.1 Å². The van der Waals surface area contributed by atoms with Gasteiger partial charge in [0, 0.05) is 17.6 Å². The number of methoxy groups -OCH3 is 1. The zero-order valence-corrected chi connectivity index (χ0v) is 18.5. The summed E-state index contributed by atoms with van der Waals surface area (Å²) >= 11 is 3.39. The first-order valence-corrected chi connectivity index (χ1v) is 10.4. The highest BCUT2D eigenvalue weighted by Gasteiger charge is 2.26. The van der Waals surface area contributed by atoms with Crippen LogP contribution in [-0.2, 0) is 6.54 Å². The first-order chi connectivity index (χ1) is 13.8. The molecule has 3 N–H and O–H groups in total. The summed E-state index contributed by atoms with van der Waals surface area (Å²) in [6.45, 7) is 4.63. The molecule has 0 aliphatic rings. The zero-order valence-electron chi connectivity index (χ0n) is 17.0. The number of anilines is 2. The van der Waals surface area contributed by atoms with Gasteiger partial charge >= 0.3 is 5.69 Å². The third-order valence-corrected chi connectivity index (χ3v) is 5.30. The van der Waals surface area contributed by atoms with E-state index in [0.717, 1.165) is 19.3 Å². The average Bonchev–Trinajstić information content (AvgIpc) is 2.70. The van der Waals surface area contributed by atoms with Crippen molar-refractivity contribution in [1.29, 1.82) is 0 Å². The van der Waals surface area contributed by atoms with E-state index in [9.17, 15) is 14.4 Å². The fraction of sp³-hybridized carbons (Fsp3) is 0.450. The second-order valence-electron chi connectivity index (χ2n) is 6.65. The third kappa shape index (κ3) is 5.09. The van der Waals surface area contributed by atoms with Gasteiger partial charge in [-0.3, -0.25) is 19.1 Å². The quantitative estimate of drug-likeness (QED) is 0.589. The number of unbranched alkanes of at least 4 members (excludes halogenated alkanes) is 2. The number of benzene rings is 1. The lowest BCUT2D eigenvalue weighted by atomic mass is 10.1. The fourth-order valence-corrected chi connectivity index (χ4v) is 3.36. The van der Waals surface area contributed by atoms with Crippen molar-refractivity contribution in [2.24, 2.45) is 0 Å². The molecule has 29 heavy (non-hydrogen) atoms. The second kappa shape index (κ2) is 10.3. The minimum absolute atomic E-state index is 0.00401. The number of amides is 1. The molecule has 0 fully saturated rings. The number of halogens is 1. The number of nitrogens with zero attached hydrogens (tertiary/aromatic N) is 2. The van der Waals surface area contributed by atoms with Crippen LogP contribution in [-0.4, -0.2) is 29.1 Å². The number of rotatable bonds is 9. The molecular weight excluding hydrogens is 440 g/mol. The van der Waals surface area contributed by atoms with Crippen LogP contribution in [0.1, 0.15) is 49.9 Å². The van der Waals surface area contributed by atoms with E-state index in [-0.39, 0.29) is 18.1 Å². The van der Waals surface area contributed by atoms with Crippen LogP contribution in [0.2, 0.25) is 0 Å². The van der Waals surface area contributed by atoms with E-state index in [1.54, 1.807) is 18.2 Å². The van der Waals surface area contributed by atoms with Gasteiger partial charge in [-0.05, 0) is 47.0 Å². The fourth-order valence-electron chi connectivity index (χ4n) is 2.95. The van der Waals surface area contributed by atoms with Gasteiger partial charge in [0.1, 0.15) is 11.6 Å². The lowest BCUT2D eigenvalue weighted by molar-refractivity contribution is 0.0985. The summed E-state index contributed by atoms with van der Waals surface area (Å²) in [7, 11) is 1.51. The maximum Gasteiger partial charge on any atom is 0.330 e. The summed E-state index contributed by atoms with van der Waals surface area (Å²) in [6.07, 6.45) is 3.06. The van der Waals surface area contributed by atoms with Gasteiger partial charge in [0.2, 0.25) is 0 Å². The maximum absolute atomic E-state index is 13.4. The number of ether oxygens (including phenoxy) is 1. The van der Waals surface area contributed by atoms with Crippen molar-refractivity contribution in [1.82, 2.24) is 9.55 Å². The van der Waals surface area contributed by atoms with Crippen molar-refractivity contribution in [3.05, 3.63) is 49.1 Å². The molecule has 1 aromatic carbocycles. The molecule has 1 heterocycles. The Morgan fingerprint density at radius 3 is 2.55 bits per heavy atom. The van der Waals surface area contributed by atoms with Gasteiger partial charge < -0.3 is 15.4 Å². The van der Waals surface area contributed by atoms with Crippen LogP contribution in [0.3, 0.4) is 0 Å². The van der Waals surface area contributed by atoms with Gasteiger partial charge in [0.25, 0.3) is 11.5 Å². The van der Waals surface area contributed by atoms with Crippen LogP contribution in [0.4, 0.5) is 11.5 Å². The summed E-state index contributed by atoms with van der Waals surface area (Å²) in [4.78, 5) is 41.9. The third-order valence-electron chi connectivity index (χ3n) is 4.60. The van der Waals surface area contributed by atoms with E-state index in [2.05, 4.69) is 20.9 Å². The SMILES string of the molecule is CCCCN(C(=O)c1cc(OC)ccc1Br)c1c(N)n(CCCC)c(=O)[nH]c1=O. The van der Waals surface area contributed by atoms with E-state index >= 15 is 0 Å². The molecule has 0 aliphatic carbocycles. The Kier molecular flexibility index (Phi) is 8.07. The summed E-state index contributed by atoms with van der Waals surface area (Å²) in [6, 6.07) is 5.03. The number of nitrogens with two attached hydrogens (primary N) is 1. The zero-order chi connectivity index (χ0) is 21.6. The van der Waals surface area contributed by atoms with E-state index < -0.39 is 17.2 Å². The van der Waals surface area contributed by atoms with Crippen LogP contribution in [0.25, 0.3) is 0 Å². The molecule has 158 valence electrons. The monoisotopic (exact) mass is 466 g/mol. The predicted octanol–water partition coefficient (Wildman–Crippen LogP) is 3.14. The highest BCUT2D eigenvalue weighted by Crippen LogP contribution is 2.27. The molecule has 1 amide bonds. The van der Waals surface area contributed by atoms with Crippen LogP contribution in [0, 0.1) is 0 Å². The average molecular weight is 467 g/mol.